The first kappa shape index (κ1) is 12.1. The predicted molar refractivity (Wildman–Crippen MR) is 65.8 cm³/mol. The Bertz CT molecular complexity index is 359. The zero-order valence-electron chi connectivity index (χ0n) is 10.2. The van der Waals surface area contributed by atoms with Gasteiger partial charge in [0.1, 0.15) is 6.42 Å². The Labute approximate surface area is 102 Å². The lowest BCUT2D eigenvalue weighted by Gasteiger charge is -2.16. The number of rotatable bonds is 4. The molecule has 0 N–H and O–H groups in total. The number of hydrogen-bond acceptors (Lipinski definition) is 2. The molecule has 1 aliphatic rings. The highest BCUT2D eigenvalue weighted by molar-refractivity contribution is 5.70. The Morgan fingerprint density at radius 3 is 2.88 bits per heavy atom. The molecule has 0 saturated carbocycles. The highest BCUT2D eigenvalue weighted by Gasteiger charge is 2.27. The van der Waals surface area contributed by atoms with Crippen LogP contribution in [0.5, 0.6) is 0 Å². The summed E-state index contributed by atoms with van der Waals surface area (Å²) in [6.45, 7) is 3.96. The van der Waals surface area contributed by atoms with E-state index in [1.807, 2.05) is 25.1 Å². The van der Waals surface area contributed by atoms with E-state index in [0.717, 1.165) is 18.8 Å². The molecule has 0 fully saturated rings. The summed E-state index contributed by atoms with van der Waals surface area (Å²) in [6, 6.07) is 10.2. The molecule has 0 aromatic heterocycles. The second kappa shape index (κ2) is 6.40. The minimum atomic E-state index is 0.213. The van der Waals surface area contributed by atoms with Gasteiger partial charge < -0.3 is 13.9 Å². The molecule has 1 aromatic rings. The van der Waals surface area contributed by atoms with Gasteiger partial charge in [-0.3, -0.25) is 0 Å². The number of esters is 1. The Morgan fingerprint density at radius 1 is 1.29 bits per heavy atom. The maximum atomic E-state index is 5.86. The predicted octanol–water partition coefficient (Wildman–Crippen LogP) is 2.46. The van der Waals surface area contributed by atoms with E-state index in [4.69, 9.17) is 13.9 Å². The van der Waals surface area contributed by atoms with Crippen LogP contribution in [0.2, 0.25) is 0 Å². The van der Waals surface area contributed by atoms with E-state index in [1.54, 1.807) is 0 Å². The first-order valence-electron chi connectivity index (χ1n) is 6.15. The van der Waals surface area contributed by atoms with Crippen LogP contribution in [0.1, 0.15) is 25.3 Å². The van der Waals surface area contributed by atoms with Gasteiger partial charge in [0.25, 0.3) is 0 Å². The van der Waals surface area contributed by atoms with E-state index in [1.165, 1.54) is 5.56 Å². The summed E-state index contributed by atoms with van der Waals surface area (Å²) in [5, 5.41) is 0. The summed E-state index contributed by atoms with van der Waals surface area (Å²) in [5.74, 6) is 0.719. The second-order valence-corrected chi connectivity index (χ2v) is 4.06. The molecule has 0 radical (unpaired) electrons. The van der Waals surface area contributed by atoms with Gasteiger partial charge in [-0.25, -0.2) is 0 Å². The van der Waals surface area contributed by atoms with Crippen molar-refractivity contribution in [2.75, 3.05) is 13.2 Å². The summed E-state index contributed by atoms with van der Waals surface area (Å²) in [7, 11) is 0. The SMILES string of the molecule is CCOC1=[O+]CC[C@H](OCc2ccccc2)C1. The molecule has 1 atom stereocenters. The third kappa shape index (κ3) is 3.86. The Morgan fingerprint density at radius 2 is 2.12 bits per heavy atom. The zero-order chi connectivity index (χ0) is 11.9. The molecule has 1 heterocycles. The van der Waals surface area contributed by atoms with E-state index < -0.39 is 0 Å². The maximum Gasteiger partial charge on any atom is 0.487 e. The molecule has 3 heteroatoms. The van der Waals surface area contributed by atoms with Crippen molar-refractivity contribution in [2.45, 2.75) is 32.5 Å². The van der Waals surface area contributed by atoms with Crippen molar-refractivity contribution < 1.29 is 13.9 Å². The Balaban J connectivity index is 1.79. The van der Waals surface area contributed by atoms with E-state index in [0.29, 0.717) is 19.8 Å². The van der Waals surface area contributed by atoms with Crippen molar-refractivity contribution in [3.63, 3.8) is 0 Å². The standard InChI is InChI=1S/C14H19O3/c1-2-15-14-10-13(8-9-16-14)17-11-12-6-4-3-5-7-12/h3-7,13H,2,8-11H2,1H3/q+1/t13-/m0/s1. The van der Waals surface area contributed by atoms with Crippen molar-refractivity contribution in [2.24, 2.45) is 0 Å². The minimum Gasteiger partial charge on any atom is -0.372 e. The van der Waals surface area contributed by atoms with Crippen molar-refractivity contribution in [3.05, 3.63) is 35.9 Å². The molecule has 2 rings (SSSR count). The van der Waals surface area contributed by atoms with E-state index in [-0.39, 0.29) is 6.10 Å². The molecule has 92 valence electrons. The van der Waals surface area contributed by atoms with Crippen molar-refractivity contribution in [1.29, 1.82) is 0 Å². The second-order valence-electron chi connectivity index (χ2n) is 4.06. The van der Waals surface area contributed by atoms with E-state index >= 15 is 0 Å². The third-order valence-corrected chi connectivity index (χ3v) is 2.73. The normalized spacial score (nSPS) is 19.8. The van der Waals surface area contributed by atoms with Crippen LogP contribution in [0.15, 0.2) is 30.3 Å². The number of ether oxygens (including phenoxy) is 2. The summed E-state index contributed by atoms with van der Waals surface area (Å²) >= 11 is 0. The molecular formula is C14H19O3+. The average molecular weight is 235 g/mol. The zero-order valence-corrected chi connectivity index (χ0v) is 10.2. The molecule has 0 amide bonds. The fourth-order valence-electron chi connectivity index (χ4n) is 1.84. The van der Waals surface area contributed by atoms with Gasteiger partial charge in [-0.1, -0.05) is 30.3 Å². The van der Waals surface area contributed by atoms with E-state index in [9.17, 15) is 0 Å². The van der Waals surface area contributed by atoms with Crippen LogP contribution in [0.25, 0.3) is 0 Å². The molecule has 3 nitrogen and oxygen atoms in total. The maximum absolute atomic E-state index is 5.86. The van der Waals surface area contributed by atoms with Crippen LogP contribution in [-0.4, -0.2) is 25.3 Å². The number of hydrogen-bond donors (Lipinski definition) is 0. The average Bonchev–Trinajstić information content (AvgIpc) is 2.39. The van der Waals surface area contributed by atoms with Gasteiger partial charge in [0.15, 0.2) is 13.2 Å². The lowest BCUT2D eigenvalue weighted by molar-refractivity contribution is -0.478. The number of carbonyl (C=O) groups excluding carboxylic acids is 1. The summed E-state index contributed by atoms with van der Waals surface area (Å²) in [6.07, 6.45) is 1.90. The van der Waals surface area contributed by atoms with Gasteiger partial charge in [-0.2, -0.15) is 0 Å². The highest BCUT2D eigenvalue weighted by atomic mass is 16.6. The molecule has 0 unspecified atom stereocenters. The number of benzene rings is 1. The molecule has 1 aliphatic heterocycles. The molecule has 17 heavy (non-hydrogen) atoms. The smallest absolute Gasteiger partial charge is 0.372 e. The lowest BCUT2D eigenvalue weighted by Crippen LogP contribution is -2.27. The molecule has 0 saturated heterocycles. The van der Waals surface area contributed by atoms with Gasteiger partial charge in [-0.15, -0.1) is 0 Å². The van der Waals surface area contributed by atoms with Gasteiger partial charge in [0.2, 0.25) is 0 Å². The molecule has 0 spiro atoms. The van der Waals surface area contributed by atoms with E-state index in [2.05, 4.69) is 12.1 Å². The third-order valence-electron chi connectivity index (χ3n) is 2.73. The van der Waals surface area contributed by atoms with Crippen molar-refractivity contribution >= 4 is 5.97 Å². The largest absolute Gasteiger partial charge is 0.487 e. The van der Waals surface area contributed by atoms with Crippen LogP contribution in [0, 0.1) is 0 Å². The fraction of sp³-hybridized carbons (Fsp3) is 0.500. The molecule has 1 aromatic carbocycles. The Kier molecular flexibility index (Phi) is 4.56. The van der Waals surface area contributed by atoms with Crippen LogP contribution >= 0.6 is 0 Å². The van der Waals surface area contributed by atoms with Gasteiger partial charge in [0, 0.05) is 6.42 Å². The van der Waals surface area contributed by atoms with Gasteiger partial charge in [0.05, 0.1) is 12.7 Å². The van der Waals surface area contributed by atoms with Crippen LogP contribution in [-0.2, 0) is 20.5 Å². The minimum absolute atomic E-state index is 0.213. The Hall–Kier alpha value is -1.35. The van der Waals surface area contributed by atoms with Crippen LogP contribution in [0.4, 0.5) is 0 Å². The van der Waals surface area contributed by atoms with Crippen LogP contribution in [0.3, 0.4) is 0 Å². The van der Waals surface area contributed by atoms with Crippen molar-refractivity contribution in [1.82, 2.24) is 0 Å². The first-order chi connectivity index (χ1) is 8.38. The van der Waals surface area contributed by atoms with Gasteiger partial charge >= 0.3 is 5.97 Å². The van der Waals surface area contributed by atoms with Gasteiger partial charge in [-0.05, 0) is 12.5 Å². The monoisotopic (exact) mass is 235 g/mol. The summed E-state index contributed by atoms with van der Waals surface area (Å²) < 4.78 is 16.7. The first-order valence-corrected chi connectivity index (χ1v) is 6.15. The topological polar surface area (TPSA) is 29.8 Å². The molecular weight excluding hydrogens is 216 g/mol. The highest BCUT2D eigenvalue weighted by Crippen LogP contribution is 2.13. The van der Waals surface area contributed by atoms with Crippen LogP contribution < -0.4 is 0 Å². The molecule has 0 bridgehead atoms. The lowest BCUT2D eigenvalue weighted by atomic mass is 10.1. The summed E-state index contributed by atoms with van der Waals surface area (Å²) in [4.78, 5) is 0. The van der Waals surface area contributed by atoms with Crippen molar-refractivity contribution in [3.8, 4) is 0 Å². The summed E-state index contributed by atoms with van der Waals surface area (Å²) in [5.41, 5.74) is 1.21. The molecule has 0 aliphatic carbocycles. The quantitative estimate of drug-likeness (QED) is 0.592. The fourth-order valence-corrected chi connectivity index (χ4v) is 1.84.